The minimum atomic E-state index is -1.06. The van der Waals surface area contributed by atoms with Gasteiger partial charge >= 0.3 is 5.97 Å². The fourth-order valence-corrected chi connectivity index (χ4v) is 2.72. The second-order valence-electron chi connectivity index (χ2n) is 5.29. The highest BCUT2D eigenvalue weighted by molar-refractivity contribution is 6.11. The first kappa shape index (κ1) is 15.3. The Morgan fingerprint density at radius 2 is 2.17 bits per heavy atom. The second kappa shape index (κ2) is 6.26. The molecule has 1 aromatic carbocycles. The summed E-state index contributed by atoms with van der Waals surface area (Å²) in [6.45, 7) is 2.87. The lowest BCUT2D eigenvalue weighted by atomic mass is 10.1. The predicted octanol–water partition coefficient (Wildman–Crippen LogP) is 3.35. The van der Waals surface area contributed by atoms with Crippen LogP contribution >= 0.6 is 0 Å². The first-order chi connectivity index (χ1) is 11.2. The van der Waals surface area contributed by atoms with Crippen molar-refractivity contribution in [2.45, 2.75) is 20.0 Å². The number of hydrogen-bond acceptors (Lipinski definition) is 4. The van der Waals surface area contributed by atoms with E-state index in [9.17, 15) is 9.90 Å². The summed E-state index contributed by atoms with van der Waals surface area (Å²) in [5.41, 5.74) is 2.27. The SMILES string of the molecule is CCCOc1ccc2[nH]c3cnc(C(=O)O)c(COC)c3c2c1. The van der Waals surface area contributed by atoms with Crippen molar-refractivity contribution in [3.05, 3.63) is 35.7 Å². The Morgan fingerprint density at radius 3 is 2.87 bits per heavy atom. The van der Waals surface area contributed by atoms with Gasteiger partial charge in [0.1, 0.15) is 5.75 Å². The summed E-state index contributed by atoms with van der Waals surface area (Å²) in [6, 6.07) is 5.75. The number of carbonyl (C=O) groups is 1. The van der Waals surface area contributed by atoms with Gasteiger partial charge in [0.05, 0.1) is 24.9 Å². The molecule has 2 heterocycles. The molecule has 0 bridgehead atoms. The van der Waals surface area contributed by atoms with E-state index < -0.39 is 5.97 Å². The number of H-pyrrole nitrogens is 1. The lowest BCUT2D eigenvalue weighted by molar-refractivity contribution is 0.0685. The lowest BCUT2D eigenvalue weighted by Crippen LogP contribution is -2.07. The van der Waals surface area contributed by atoms with Gasteiger partial charge in [-0.05, 0) is 24.6 Å². The van der Waals surface area contributed by atoms with Crippen molar-refractivity contribution < 1.29 is 19.4 Å². The Balaban J connectivity index is 2.27. The Hall–Kier alpha value is -2.60. The number of ether oxygens (including phenoxy) is 2. The van der Waals surface area contributed by atoms with Crippen molar-refractivity contribution in [1.82, 2.24) is 9.97 Å². The number of carboxylic acids is 1. The van der Waals surface area contributed by atoms with Crippen LogP contribution in [-0.4, -0.2) is 34.8 Å². The smallest absolute Gasteiger partial charge is 0.354 e. The minimum Gasteiger partial charge on any atom is -0.494 e. The summed E-state index contributed by atoms with van der Waals surface area (Å²) in [7, 11) is 1.54. The normalized spacial score (nSPS) is 11.2. The van der Waals surface area contributed by atoms with E-state index in [2.05, 4.69) is 9.97 Å². The number of aromatic amines is 1. The van der Waals surface area contributed by atoms with E-state index in [0.717, 1.165) is 34.0 Å². The molecule has 0 atom stereocenters. The van der Waals surface area contributed by atoms with Crippen molar-refractivity contribution >= 4 is 27.8 Å². The van der Waals surface area contributed by atoms with Crippen LogP contribution < -0.4 is 4.74 Å². The van der Waals surface area contributed by atoms with Gasteiger partial charge in [-0.15, -0.1) is 0 Å². The predicted molar refractivity (Wildman–Crippen MR) is 87.1 cm³/mol. The summed E-state index contributed by atoms with van der Waals surface area (Å²) >= 11 is 0. The zero-order valence-corrected chi connectivity index (χ0v) is 13.0. The molecule has 0 aliphatic carbocycles. The number of carboxylic acid groups (broad SMARTS) is 1. The van der Waals surface area contributed by atoms with Crippen LogP contribution in [0.1, 0.15) is 29.4 Å². The van der Waals surface area contributed by atoms with Crippen molar-refractivity contribution in [1.29, 1.82) is 0 Å². The maximum absolute atomic E-state index is 11.5. The van der Waals surface area contributed by atoms with Crippen LogP contribution in [0.25, 0.3) is 21.8 Å². The number of rotatable bonds is 6. The van der Waals surface area contributed by atoms with Gasteiger partial charge in [-0.3, -0.25) is 0 Å². The second-order valence-corrected chi connectivity index (χ2v) is 5.29. The summed E-state index contributed by atoms with van der Waals surface area (Å²) < 4.78 is 10.9. The third-order valence-electron chi connectivity index (χ3n) is 3.67. The average Bonchev–Trinajstić information content (AvgIpc) is 2.91. The van der Waals surface area contributed by atoms with Crippen molar-refractivity contribution in [3.8, 4) is 5.75 Å². The van der Waals surface area contributed by atoms with E-state index in [1.807, 2.05) is 25.1 Å². The molecule has 120 valence electrons. The Kier molecular flexibility index (Phi) is 4.16. The van der Waals surface area contributed by atoms with Gasteiger partial charge in [-0.25, -0.2) is 9.78 Å². The maximum Gasteiger partial charge on any atom is 0.354 e. The quantitative estimate of drug-likeness (QED) is 0.729. The van der Waals surface area contributed by atoms with Gasteiger partial charge < -0.3 is 19.6 Å². The fourth-order valence-electron chi connectivity index (χ4n) is 2.72. The molecule has 23 heavy (non-hydrogen) atoms. The molecular formula is C17H18N2O4. The molecular weight excluding hydrogens is 296 g/mol. The molecule has 0 spiro atoms. The van der Waals surface area contributed by atoms with Gasteiger partial charge in [0.2, 0.25) is 0 Å². The molecule has 0 unspecified atom stereocenters. The van der Waals surface area contributed by atoms with Crippen molar-refractivity contribution in [2.75, 3.05) is 13.7 Å². The maximum atomic E-state index is 11.5. The molecule has 2 aromatic heterocycles. The highest BCUT2D eigenvalue weighted by atomic mass is 16.5. The number of nitrogens with zero attached hydrogens (tertiary/aromatic N) is 1. The highest BCUT2D eigenvalue weighted by Gasteiger charge is 2.18. The number of nitrogens with one attached hydrogen (secondary N) is 1. The Labute approximate surface area is 133 Å². The lowest BCUT2D eigenvalue weighted by Gasteiger charge is -2.07. The summed E-state index contributed by atoms with van der Waals surface area (Å²) in [5, 5.41) is 11.1. The van der Waals surface area contributed by atoms with E-state index in [1.54, 1.807) is 6.20 Å². The Bertz CT molecular complexity index is 870. The van der Waals surface area contributed by atoms with E-state index >= 15 is 0 Å². The van der Waals surface area contributed by atoms with Gasteiger partial charge in [0, 0.05) is 29.0 Å². The topological polar surface area (TPSA) is 84.4 Å². The number of aromatic carboxylic acids is 1. The number of aromatic nitrogens is 2. The number of fused-ring (bicyclic) bond motifs is 3. The Morgan fingerprint density at radius 1 is 1.35 bits per heavy atom. The van der Waals surface area contributed by atoms with Crippen LogP contribution in [0.5, 0.6) is 5.75 Å². The van der Waals surface area contributed by atoms with Crippen LogP contribution in [0, 0.1) is 0 Å². The molecule has 0 fully saturated rings. The monoisotopic (exact) mass is 314 g/mol. The third kappa shape index (κ3) is 2.73. The van der Waals surface area contributed by atoms with E-state index in [-0.39, 0.29) is 12.3 Å². The number of benzene rings is 1. The van der Waals surface area contributed by atoms with Gasteiger partial charge in [-0.1, -0.05) is 6.92 Å². The van der Waals surface area contributed by atoms with Gasteiger partial charge in [0.25, 0.3) is 0 Å². The van der Waals surface area contributed by atoms with E-state index in [4.69, 9.17) is 9.47 Å². The minimum absolute atomic E-state index is 0.0140. The molecule has 3 rings (SSSR count). The van der Waals surface area contributed by atoms with Crippen LogP contribution in [0.15, 0.2) is 24.4 Å². The number of hydrogen-bond donors (Lipinski definition) is 2. The van der Waals surface area contributed by atoms with Gasteiger partial charge in [0.15, 0.2) is 5.69 Å². The third-order valence-corrected chi connectivity index (χ3v) is 3.67. The number of methoxy groups -OCH3 is 1. The van der Waals surface area contributed by atoms with Crippen molar-refractivity contribution in [2.24, 2.45) is 0 Å². The molecule has 6 heteroatoms. The fraction of sp³-hybridized carbons (Fsp3) is 0.294. The number of pyridine rings is 1. The standard InChI is InChI=1S/C17H18N2O4/c1-3-6-23-10-4-5-13-11(7-10)15-12(9-22-2)16(17(20)21)18-8-14(15)19-13/h4-5,7-8,19H,3,6,9H2,1-2H3,(H,20,21). The molecule has 6 nitrogen and oxygen atoms in total. The first-order valence-corrected chi connectivity index (χ1v) is 7.44. The molecule has 0 aliphatic rings. The zero-order valence-electron chi connectivity index (χ0n) is 13.0. The summed E-state index contributed by atoms with van der Waals surface area (Å²) in [6.07, 6.45) is 2.47. The van der Waals surface area contributed by atoms with E-state index in [0.29, 0.717) is 12.2 Å². The molecule has 0 radical (unpaired) electrons. The first-order valence-electron chi connectivity index (χ1n) is 7.44. The summed E-state index contributed by atoms with van der Waals surface area (Å²) in [4.78, 5) is 18.8. The molecule has 0 aliphatic heterocycles. The van der Waals surface area contributed by atoms with E-state index in [1.165, 1.54) is 7.11 Å². The molecule has 0 amide bonds. The van der Waals surface area contributed by atoms with Crippen LogP contribution in [-0.2, 0) is 11.3 Å². The highest BCUT2D eigenvalue weighted by Crippen LogP contribution is 2.32. The largest absolute Gasteiger partial charge is 0.494 e. The average molecular weight is 314 g/mol. The molecule has 0 saturated heterocycles. The molecule has 3 aromatic rings. The van der Waals surface area contributed by atoms with Gasteiger partial charge in [-0.2, -0.15) is 0 Å². The molecule has 2 N–H and O–H groups in total. The van der Waals surface area contributed by atoms with Crippen LogP contribution in [0.3, 0.4) is 0 Å². The van der Waals surface area contributed by atoms with Crippen LogP contribution in [0.2, 0.25) is 0 Å². The van der Waals surface area contributed by atoms with Crippen LogP contribution in [0.4, 0.5) is 0 Å². The molecule has 0 saturated carbocycles. The zero-order chi connectivity index (χ0) is 16.4. The van der Waals surface area contributed by atoms with Crippen molar-refractivity contribution in [3.63, 3.8) is 0 Å². The summed E-state index contributed by atoms with van der Waals surface area (Å²) in [5.74, 6) is -0.302.